The van der Waals surface area contributed by atoms with Gasteiger partial charge in [-0.3, -0.25) is 0 Å². The number of aliphatic hydroxyl groups excluding tert-OH is 1. The molecule has 0 aromatic rings. The van der Waals surface area contributed by atoms with Crippen molar-refractivity contribution in [3.63, 3.8) is 0 Å². The third kappa shape index (κ3) is 20.8. The first-order valence-corrected chi connectivity index (χ1v) is 13.0. The first-order valence-electron chi connectivity index (χ1n) is 11.5. The molecular weight excluding hydrogens is 399 g/mol. The van der Waals surface area contributed by atoms with Crippen LogP contribution >= 0.6 is 0 Å². The molecule has 1 N–H and O–H groups in total. The van der Waals surface area contributed by atoms with Gasteiger partial charge in [-0.2, -0.15) is 0 Å². The van der Waals surface area contributed by atoms with Gasteiger partial charge < -0.3 is 9.66 Å². The van der Waals surface area contributed by atoms with Crippen molar-refractivity contribution >= 4 is 10.1 Å². The summed E-state index contributed by atoms with van der Waals surface area (Å²) in [5, 5.41) is 9.12. The molecule has 6 heteroatoms. The summed E-state index contributed by atoms with van der Waals surface area (Å²) in [6.45, 7) is 4.09. The molecule has 0 saturated carbocycles. The Morgan fingerprint density at radius 1 is 0.643 bits per heavy atom. The molecule has 0 spiro atoms. The number of aliphatic hydroxyl groups is 1. The summed E-state index contributed by atoms with van der Waals surface area (Å²) in [6.07, 6.45) is 19.0. The third-order valence-corrected chi connectivity index (χ3v) is 6.76. The Balaban J connectivity index is 0. The third-order valence-electron chi connectivity index (χ3n) is 5.47. The summed E-state index contributed by atoms with van der Waals surface area (Å²) in [6, 6.07) is 0. The Kier molecular flexibility index (Phi) is 24.6. The van der Waals surface area contributed by atoms with Gasteiger partial charge in [0.2, 0.25) is 0 Å². The summed E-state index contributed by atoms with van der Waals surface area (Å²) < 4.78 is 33.5. The maximum absolute atomic E-state index is 11.2. The van der Waals surface area contributed by atoms with Crippen LogP contribution in [0, 0.1) is 0 Å². The monoisotopic (exact) mass is 444 g/mol. The largest absolute Gasteiger partial charge is 1.00 e. The second kappa shape index (κ2) is 21.7. The summed E-state index contributed by atoms with van der Waals surface area (Å²) in [7, 11) is -4.11. The first kappa shape index (κ1) is 31.7. The molecule has 0 radical (unpaired) electrons. The maximum Gasteiger partial charge on any atom is 1.00 e. The standard InChI is InChI=1S/C22H46O4S.K/c1-3-5-18-21(23)19-15-13-11-9-7-6-8-10-12-14-16-20-22(17-4-2)27(24,25)26;/h21-23H,3-20H2,1-2H3,(H,24,25,26);/q;+1/p-1. The summed E-state index contributed by atoms with van der Waals surface area (Å²) in [4.78, 5) is 0. The fourth-order valence-corrected chi connectivity index (χ4v) is 4.66. The molecule has 0 saturated heterocycles. The molecule has 0 bridgehead atoms. The van der Waals surface area contributed by atoms with Crippen molar-refractivity contribution in [3.05, 3.63) is 0 Å². The molecule has 0 amide bonds. The molecule has 0 aliphatic carbocycles. The zero-order valence-corrected chi connectivity index (χ0v) is 22.9. The topological polar surface area (TPSA) is 77.4 Å². The SMILES string of the molecule is CCCCC(O)CCCCCCCCCCCCCC(CCC)S(=O)(=O)[O-].[K+]. The van der Waals surface area contributed by atoms with Crippen LogP contribution < -0.4 is 51.4 Å². The van der Waals surface area contributed by atoms with E-state index in [9.17, 15) is 18.1 Å². The molecular formula is C22H45KO4S. The Labute approximate surface area is 218 Å². The Morgan fingerprint density at radius 2 is 1.04 bits per heavy atom. The first-order chi connectivity index (χ1) is 12.9. The van der Waals surface area contributed by atoms with Crippen LogP contribution in [0.4, 0.5) is 0 Å². The molecule has 0 fully saturated rings. The predicted molar refractivity (Wildman–Crippen MR) is 114 cm³/mol. The zero-order valence-electron chi connectivity index (χ0n) is 19.0. The molecule has 0 aliphatic rings. The van der Waals surface area contributed by atoms with Crippen molar-refractivity contribution in [3.8, 4) is 0 Å². The van der Waals surface area contributed by atoms with Crippen molar-refractivity contribution < 1.29 is 69.5 Å². The zero-order chi connectivity index (χ0) is 20.4. The van der Waals surface area contributed by atoms with E-state index in [1.54, 1.807) is 0 Å². The van der Waals surface area contributed by atoms with Gasteiger partial charge in [-0.05, 0) is 25.7 Å². The normalized spacial score (nSPS) is 13.9. The van der Waals surface area contributed by atoms with Crippen LogP contribution in [0.5, 0.6) is 0 Å². The van der Waals surface area contributed by atoms with E-state index in [1.165, 1.54) is 51.4 Å². The van der Waals surface area contributed by atoms with Crippen LogP contribution in [-0.4, -0.2) is 29.4 Å². The molecule has 0 heterocycles. The van der Waals surface area contributed by atoms with E-state index in [2.05, 4.69) is 6.92 Å². The van der Waals surface area contributed by atoms with Gasteiger partial charge in [0.25, 0.3) is 0 Å². The molecule has 0 aromatic heterocycles. The Morgan fingerprint density at radius 3 is 1.43 bits per heavy atom. The van der Waals surface area contributed by atoms with Crippen LogP contribution in [0.3, 0.4) is 0 Å². The van der Waals surface area contributed by atoms with Gasteiger partial charge >= 0.3 is 51.4 Å². The van der Waals surface area contributed by atoms with Crippen LogP contribution in [0.1, 0.15) is 129 Å². The molecule has 164 valence electrons. The molecule has 0 aliphatic heterocycles. The van der Waals surface area contributed by atoms with Crippen molar-refractivity contribution in [1.29, 1.82) is 0 Å². The summed E-state index contributed by atoms with van der Waals surface area (Å²) in [5.74, 6) is 0. The Bertz CT molecular complexity index is 415. The van der Waals surface area contributed by atoms with E-state index in [4.69, 9.17) is 0 Å². The van der Waals surface area contributed by atoms with Gasteiger partial charge in [-0.15, -0.1) is 0 Å². The molecule has 0 rings (SSSR count). The smallest absolute Gasteiger partial charge is 0.748 e. The van der Waals surface area contributed by atoms with E-state index >= 15 is 0 Å². The molecule has 2 unspecified atom stereocenters. The quantitative estimate of drug-likeness (QED) is 0.177. The van der Waals surface area contributed by atoms with Crippen molar-refractivity contribution in [1.82, 2.24) is 0 Å². The van der Waals surface area contributed by atoms with Gasteiger partial charge in [0, 0.05) is 5.25 Å². The van der Waals surface area contributed by atoms with E-state index in [-0.39, 0.29) is 57.5 Å². The number of rotatable bonds is 20. The van der Waals surface area contributed by atoms with Gasteiger partial charge in [-0.25, -0.2) is 8.42 Å². The molecule has 28 heavy (non-hydrogen) atoms. The van der Waals surface area contributed by atoms with E-state index in [0.29, 0.717) is 12.8 Å². The number of unbranched alkanes of at least 4 members (excludes halogenated alkanes) is 11. The Hall–Kier alpha value is 1.51. The second-order valence-electron chi connectivity index (χ2n) is 8.17. The summed E-state index contributed by atoms with van der Waals surface area (Å²) in [5.41, 5.74) is 0. The molecule has 4 nitrogen and oxygen atoms in total. The summed E-state index contributed by atoms with van der Waals surface area (Å²) >= 11 is 0. The second-order valence-corrected chi connectivity index (χ2v) is 9.82. The van der Waals surface area contributed by atoms with E-state index in [0.717, 1.165) is 51.4 Å². The van der Waals surface area contributed by atoms with Crippen LogP contribution in [0.25, 0.3) is 0 Å². The van der Waals surface area contributed by atoms with Crippen LogP contribution in [0.2, 0.25) is 0 Å². The minimum absolute atomic E-state index is 0. The maximum atomic E-state index is 11.2. The van der Waals surface area contributed by atoms with Crippen LogP contribution in [0.15, 0.2) is 0 Å². The molecule has 0 aromatic carbocycles. The average Bonchev–Trinajstić information content (AvgIpc) is 2.61. The van der Waals surface area contributed by atoms with E-state index in [1.807, 2.05) is 6.92 Å². The number of hydrogen-bond donors (Lipinski definition) is 1. The van der Waals surface area contributed by atoms with Gasteiger partial charge in [0.1, 0.15) is 0 Å². The van der Waals surface area contributed by atoms with Gasteiger partial charge in [0.15, 0.2) is 0 Å². The predicted octanol–water partition coefficient (Wildman–Crippen LogP) is 3.33. The van der Waals surface area contributed by atoms with Crippen molar-refractivity contribution in [2.75, 3.05) is 0 Å². The minimum Gasteiger partial charge on any atom is -0.748 e. The van der Waals surface area contributed by atoms with Gasteiger partial charge in [0.05, 0.1) is 16.2 Å². The average molecular weight is 445 g/mol. The fraction of sp³-hybridized carbons (Fsp3) is 1.00. The van der Waals surface area contributed by atoms with Crippen LogP contribution in [-0.2, 0) is 10.1 Å². The number of hydrogen-bond acceptors (Lipinski definition) is 4. The van der Waals surface area contributed by atoms with Crippen molar-refractivity contribution in [2.45, 2.75) is 141 Å². The minimum atomic E-state index is -4.11. The van der Waals surface area contributed by atoms with E-state index < -0.39 is 15.4 Å². The van der Waals surface area contributed by atoms with Crippen molar-refractivity contribution in [2.24, 2.45) is 0 Å². The van der Waals surface area contributed by atoms with Gasteiger partial charge in [-0.1, -0.05) is 104 Å². The fourth-order valence-electron chi connectivity index (χ4n) is 3.68. The molecule has 2 atom stereocenters.